The summed E-state index contributed by atoms with van der Waals surface area (Å²) in [6.07, 6.45) is 7.03. The van der Waals surface area contributed by atoms with Gasteiger partial charge in [-0.05, 0) is 24.8 Å². The Morgan fingerprint density at radius 2 is 1.92 bits per heavy atom. The van der Waals surface area contributed by atoms with Crippen molar-refractivity contribution < 1.29 is 9.59 Å². The van der Waals surface area contributed by atoms with Crippen molar-refractivity contribution in [2.75, 3.05) is 26.7 Å². The molecule has 0 saturated carbocycles. The van der Waals surface area contributed by atoms with Gasteiger partial charge in [0.25, 0.3) is 0 Å². The average molecular weight is 327 g/mol. The summed E-state index contributed by atoms with van der Waals surface area (Å²) in [5.41, 5.74) is 1.15. The Morgan fingerprint density at radius 3 is 2.54 bits per heavy atom. The van der Waals surface area contributed by atoms with Gasteiger partial charge in [-0.2, -0.15) is 0 Å². The minimum atomic E-state index is -0.100. The minimum absolute atomic E-state index is 0.00128. The van der Waals surface area contributed by atoms with Crippen LogP contribution in [0, 0.1) is 0 Å². The van der Waals surface area contributed by atoms with E-state index in [0.717, 1.165) is 32.4 Å². The van der Waals surface area contributed by atoms with Crippen LogP contribution >= 0.6 is 0 Å². The summed E-state index contributed by atoms with van der Waals surface area (Å²) in [7, 11) is 1.85. The quantitative estimate of drug-likeness (QED) is 0.862. The summed E-state index contributed by atoms with van der Waals surface area (Å²) in [5, 5.41) is 2.90. The number of piperidine rings is 1. The molecule has 2 fully saturated rings. The Hall–Kier alpha value is -2.30. The molecule has 5 heteroatoms. The van der Waals surface area contributed by atoms with Gasteiger partial charge >= 0.3 is 6.03 Å². The molecule has 0 bridgehead atoms. The molecule has 24 heavy (non-hydrogen) atoms. The number of amides is 3. The van der Waals surface area contributed by atoms with Gasteiger partial charge in [0.2, 0.25) is 5.91 Å². The van der Waals surface area contributed by atoms with E-state index in [-0.39, 0.29) is 17.5 Å². The Morgan fingerprint density at radius 1 is 1.21 bits per heavy atom. The Balaban J connectivity index is 1.45. The minimum Gasteiger partial charge on any atom is -0.342 e. The highest BCUT2D eigenvalue weighted by atomic mass is 16.2. The van der Waals surface area contributed by atoms with Crippen molar-refractivity contribution in [2.45, 2.75) is 31.2 Å². The van der Waals surface area contributed by atoms with Crippen LogP contribution in [0.3, 0.4) is 0 Å². The maximum absolute atomic E-state index is 12.3. The molecule has 0 aliphatic carbocycles. The predicted octanol–water partition coefficient (Wildman–Crippen LogP) is 2.19. The van der Waals surface area contributed by atoms with E-state index in [1.165, 1.54) is 5.56 Å². The predicted molar refractivity (Wildman–Crippen MR) is 93.6 cm³/mol. The number of carbonyl (C=O) groups is 2. The Labute approximate surface area is 143 Å². The standard InChI is InChI=1S/C19H25N3O2/c1-21-18(24)20-15-19(21)11-13-22(14-12-19)17(23)10-6-5-9-16-7-3-2-4-8-16/h2-8H,9-15H2,1H3,(H,20,24)/b6-5+. The molecule has 1 N–H and O–H groups in total. The Bertz CT molecular complexity index is 619. The van der Waals surface area contributed by atoms with E-state index in [1.54, 1.807) is 0 Å². The second-order valence-corrected chi connectivity index (χ2v) is 6.69. The third-order valence-corrected chi connectivity index (χ3v) is 5.29. The van der Waals surface area contributed by atoms with Gasteiger partial charge in [0.05, 0.1) is 5.54 Å². The molecule has 2 heterocycles. The number of nitrogens with one attached hydrogen (secondary N) is 1. The Kier molecular flexibility index (Phi) is 4.88. The molecule has 3 amide bonds. The van der Waals surface area contributed by atoms with Gasteiger partial charge in [-0.3, -0.25) is 4.79 Å². The highest BCUT2D eigenvalue weighted by Gasteiger charge is 2.45. The maximum atomic E-state index is 12.3. The van der Waals surface area contributed by atoms with Crippen LogP contribution in [0.4, 0.5) is 4.79 Å². The zero-order valence-electron chi connectivity index (χ0n) is 14.2. The van der Waals surface area contributed by atoms with Crippen molar-refractivity contribution in [3.8, 4) is 0 Å². The lowest BCUT2D eigenvalue weighted by molar-refractivity contribution is -0.132. The number of nitrogens with zero attached hydrogens (tertiary/aromatic N) is 2. The number of hydrogen-bond donors (Lipinski definition) is 1. The zero-order valence-corrected chi connectivity index (χ0v) is 14.2. The van der Waals surface area contributed by atoms with Crippen molar-refractivity contribution in [1.82, 2.24) is 15.1 Å². The maximum Gasteiger partial charge on any atom is 0.317 e. The second kappa shape index (κ2) is 7.07. The van der Waals surface area contributed by atoms with Crippen LogP contribution in [0.25, 0.3) is 0 Å². The third kappa shape index (κ3) is 3.45. The van der Waals surface area contributed by atoms with Gasteiger partial charge in [-0.15, -0.1) is 0 Å². The lowest BCUT2D eigenvalue weighted by Gasteiger charge is -2.42. The average Bonchev–Trinajstić information content (AvgIpc) is 2.89. The summed E-state index contributed by atoms with van der Waals surface area (Å²) in [4.78, 5) is 27.8. The van der Waals surface area contributed by atoms with E-state index < -0.39 is 0 Å². The largest absolute Gasteiger partial charge is 0.342 e. The van der Waals surface area contributed by atoms with Crippen molar-refractivity contribution >= 4 is 11.9 Å². The van der Waals surface area contributed by atoms with Crippen molar-refractivity contribution in [3.63, 3.8) is 0 Å². The first-order valence-corrected chi connectivity index (χ1v) is 8.59. The summed E-state index contributed by atoms with van der Waals surface area (Å²) in [5.74, 6) is 0.175. The number of rotatable bonds is 4. The molecule has 1 aromatic carbocycles. The molecule has 3 rings (SSSR count). The second-order valence-electron chi connectivity index (χ2n) is 6.69. The first-order chi connectivity index (χ1) is 11.6. The molecular weight excluding hydrogens is 302 g/mol. The highest BCUT2D eigenvalue weighted by Crippen LogP contribution is 2.31. The van der Waals surface area contributed by atoms with Crippen molar-refractivity contribution in [2.24, 2.45) is 0 Å². The van der Waals surface area contributed by atoms with Gasteiger partial charge in [-0.1, -0.05) is 42.5 Å². The molecule has 0 radical (unpaired) electrons. The normalized spacial score (nSPS) is 20.0. The molecule has 0 unspecified atom stereocenters. The smallest absolute Gasteiger partial charge is 0.317 e. The lowest BCUT2D eigenvalue weighted by atomic mass is 9.87. The first-order valence-electron chi connectivity index (χ1n) is 8.59. The fraction of sp³-hybridized carbons (Fsp3) is 0.474. The molecule has 2 saturated heterocycles. The summed E-state index contributed by atoms with van der Waals surface area (Å²) >= 11 is 0. The molecule has 0 aromatic heterocycles. The van der Waals surface area contributed by atoms with Gasteiger partial charge < -0.3 is 15.1 Å². The lowest BCUT2D eigenvalue weighted by Crippen LogP contribution is -2.54. The van der Waals surface area contributed by atoms with Crippen molar-refractivity contribution in [3.05, 3.63) is 48.0 Å². The van der Waals surface area contributed by atoms with Gasteiger partial charge in [-0.25, -0.2) is 4.79 Å². The SMILES string of the molecule is CN1C(=O)NCC12CCN(C(=O)C/C=C/Cc1ccccc1)CC2. The van der Waals surface area contributed by atoms with Gasteiger partial charge in [0.15, 0.2) is 0 Å². The number of allylic oxidation sites excluding steroid dienone is 1. The van der Waals surface area contributed by atoms with E-state index in [1.807, 2.05) is 41.1 Å². The molecule has 2 aliphatic rings. The molecular formula is C19H25N3O2. The van der Waals surface area contributed by atoms with Crippen LogP contribution in [-0.2, 0) is 11.2 Å². The molecule has 128 valence electrons. The molecule has 0 atom stereocenters. The number of carbonyl (C=O) groups excluding carboxylic acids is 2. The van der Waals surface area contributed by atoms with Crippen LogP contribution in [-0.4, -0.2) is 54.0 Å². The number of urea groups is 1. The summed E-state index contributed by atoms with van der Waals surface area (Å²) in [6, 6.07) is 10.2. The number of likely N-dealkylation sites (tertiary alicyclic amines) is 1. The summed E-state index contributed by atoms with van der Waals surface area (Å²) < 4.78 is 0. The summed E-state index contributed by atoms with van der Waals surface area (Å²) in [6.45, 7) is 2.15. The van der Waals surface area contributed by atoms with Crippen LogP contribution in [0.2, 0.25) is 0 Å². The van der Waals surface area contributed by atoms with Crippen LogP contribution in [0.5, 0.6) is 0 Å². The van der Waals surface area contributed by atoms with Crippen LogP contribution in [0.15, 0.2) is 42.5 Å². The fourth-order valence-corrected chi connectivity index (χ4v) is 3.52. The molecule has 2 aliphatic heterocycles. The number of hydrogen-bond acceptors (Lipinski definition) is 2. The van der Waals surface area contributed by atoms with Crippen molar-refractivity contribution in [1.29, 1.82) is 0 Å². The number of benzene rings is 1. The third-order valence-electron chi connectivity index (χ3n) is 5.29. The molecule has 1 spiro atoms. The van der Waals surface area contributed by atoms with Crippen LogP contribution < -0.4 is 5.32 Å². The fourth-order valence-electron chi connectivity index (χ4n) is 3.52. The van der Waals surface area contributed by atoms with E-state index in [2.05, 4.69) is 23.5 Å². The topological polar surface area (TPSA) is 52.7 Å². The molecule has 1 aromatic rings. The number of likely N-dealkylation sites (N-methyl/N-ethyl adjacent to an activating group) is 1. The monoisotopic (exact) mass is 327 g/mol. The van der Waals surface area contributed by atoms with Gasteiger partial charge in [0, 0.05) is 33.1 Å². The van der Waals surface area contributed by atoms with Gasteiger partial charge in [0.1, 0.15) is 0 Å². The first kappa shape index (κ1) is 16.6. The van der Waals surface area contributed by atoms with E-state index in [0.29, 0.717) is 13.0 Å². The molecule has 5 nitrogen and oxygen atoms in total. The van der Waals surface area contributed by atoms with E-state index >= 15 is 0 Å². The highest BCUT2D eigenvalue weighted by molar-refractivity contribution is 5.79. The zero-order chi connectivity index (χ0) is 17.0. The van der Waals surface area contributed by atoms with Crippen LogP contribution in [0.1, 0.15) is 24.8 Å². The van der Waals surface area contributed by atoms with E-state index in [9.17, 15) is 9.59 Å². The van der Waals surface area contributed by atoms with E-state index in [4.69, 9.17) is 0 Å².